The van der Waals surface area contributed by atoms with Gasteiger partial charge in [0.2, 0.25) is 0 Å². The topological polar surface area (TPSA) is 45.9 Å². The number of ether oxygens (including phenoxy) is 1. The van der Waals surface area contributed by atoms with Crippen LogP contribution in [0.15, 0.2) is 65.7 Å². The van der Waals surface area contributed by atoms with Crippen molar-refractivity contribution < 1.29 is 4.74 Å². The van der Waals surface area contributed by atoms with E-state index in [0.29, 0.717) is 5.56 Å². The van der Waals surface area contributed by atoms with Crippen LogP contribution >= 0.6 is 23.5 Å². The molecule has 0 fully saturated rings. The molecule has 0 aliphatic rings. The summed E-state index contributed by atoms with van der Waals surface area (Å²) in [7, 11) is 1.66. The molecular weight excluding hydrogens is 384 g/mol. The Morgan fingerprint density at radius 1 is 1.00 bits per heavy atom. The van der Waals surface area contributed by atoms with Crippen LogP contribution in [0, 0.1) is 11.3 Å². The molecule has 2 aromatic carbocycles. The molecule has 1 heterocycles. The van der Waals surface area contributed by atoms with Gasteiger partial charge in [-0.25, -0.2) is 4.98 Å². The lowest BCUT2D eigenvalue weighted by Gasteiger charge is -2.13. The van der Waals surface area contributed by atoms with E-state index >= 15 is 0 Å². The average molecular weight is 407 g/mol. The van der Waals surface area contributed by atoms with Crippen LogP contribution in [0.3, 0.4) is 0 Å². The molecule has 1 aromatic heterocycles. The Morgan fingerprint density at radius 2 is 1.75 bits per heavy atom. The van der Waals surface area contributed by atoms with Crippen molar-refractivity contribution in [3.05, 3.63) is 66.2 Å². The van der Waals surface area contributed by atoms with Crippen LogP contribution in [0.5, 0.6) is 5.75 Å². The Balaban J connectivity index is 2.07. The van der Waals surface area contributed by atoms with Gasteiger partial charge in [-0.05, 0) is 41.6 Å². The number of nitrogens with zero attached hydrogens (tertiary/aromatic N) is 2. The zero-order valence-corrected chi connectivity index (χ0v) is 17.6. The van der Waals surface area contributed by atoms with Crippen molar-refractivity contribution >= 4 is 23.5 Å². The van der Waals surface area contributed by atoms with Gasteiger partial charge in [0.15, 0.2) is 0 Å². The van der Waals surface area contributed by atoms with Crippen LogP contribution in [0.4, 0.5) is 0 Å². The van der Waals surface area contributed by atoms with E-state index in [9.17, 15) is 5.26 Å². The fourth-order valence-electron chi connectivity index (χ4n) is 2.83. The molecule has 0 saturated carbocycles. The van der Waals surface area contributed by atoms with Crippen molar-refractivity contribution in [2.45, 2.75) is 11.9 Å². The molecule has 0 unspecified atom stereocenters. The normalized spacial score (nSPS) is 10.5. The Kier molecular flexibility index (Phi) is 7.41. The summed E-state index contributed by atoms with van der Waals surface area (Å²) in [4.78, 5) is 4.84. The summed E-state index contributed by atoms with van der Waals surface area (Å²) in [5.41, 5.74) is 4.48. The highest BCUT2D eigenvalue weighted by Crippen LogP contribution is 2.34. The highest BCUT2D eigenvalue weighted by atomic mass is 32.2. The van der Waals surface area contributed by atoms with Gasteiger partial charge < -0.3 is 4.74 Å². The van der Waals surface area contributed by atoms with Crippen molar-refractivity contribution in [2.75, 3.05) is 24.4 Å². The molecule has 5 heteroatoms. The van der Waals surface area contributed by atoms with E-state index in [1.807, 2.05) is 72.4 Å². The van der Waals surface area contributed by atoms with E-state index in [-0.39, 0.29) is 0 Å². The monoisotopic (exact) mass is 406 g/mol. The Labute approximate surface area is 175 Å². The Hall–Kier alpha value is -2.42. The summed E-state index contributed by atoms with van der Waals surface area (Å²) in [5.74, 6) is 3.88. The first-order chi connectivity index (χ1) is 13.8. The molecule has 0 radical (unpaired) electrons. The standard InChI is InChI=1S/C23H22N2OS2/c1-3-27-13-14-28-23-21(16-24)20(17-7-5-4-6-8-17)15-22(25-23)18-9-11-19(26-2)12-10-18/h4-12,15H,3,13-14H2,1-2H3. The highest BCUT2D eigenvalue weighted by molar-refractivity contribution is 8.02. The lowest BCUT2D eigenvalue weighted by Crippen LogP contribution is -1.97. The first-order valence-corrected chi connectivity index (χ1v) is 11.3. The van der Waals surface area contributed by atoms with Gasteiger partial charge in [0.1, 0.15) is 16.8 Å². The van der Waals surface area contributed by atoms with E-state index in [1.165, 1.54) is 0 Å². The second kappa shape index (κ2) is 10.2. The molecule has 0 aliphatic heterocycles. The van der Waals surface area contributed by atoms with Crippen LogP contribution in [0.25, 0.3) is 22.4 Å². The summed E-state index contributed by atoms with van der Waals surface area (Å²) in [6.45, 7) is 2.16. The lowest BCUT2D eigenvalue weighted by atomic mass is 9.99. The summed E-state index contributed by atoms with van der Waals surface area (Å²) >= 11 is 3.56. The van der Waals surface area contributed by atoms with E-state index in [0.717, 1.165) is 50.4 Å². The second-order valence-corrected chi connectivity index (χ2v) is 8.46. The molecule has 0 saturated heterocycles. The molecule has 28 heavy (non-hydrogen) atoms. The van der Waals surface area contributed by atoms with E-state index in [4.69, 9.17) is 9.72 Å². The minimum atomic E-state index is 0.648. The summed E-state index contributed by atoms with van der Waals surface area (Å²) in [6, 6.07) is 22.3. The zero-order chi connectivity index (χ0) is 19.8. The molecule has 0 amide bonds. The van der Waals surface area contributed by atoms with Gasteiger partial charge in [-0.1, -0.05) is 37.3 Å². The van der Waals surface area contributed by atoms with Crippen molar-refractivity contribution in [3.63, 3.8) is 0 Å². The van der Waals surface area contributed by atoms with Crippen LogP contribution in [-0.4, -0.2) is 29.4 Å². The first-order valence-electron chi connectivity index (χ1n) is 9.12. The van der Waals surface area contributed by atoms with Gasteiger partial charge in [0, 0.05) is 22.6 Å². The number of hydrogen-bond donors (Lipinski definition) is 0. The molecule has 0 bridgehead atoms. The number of thioether (sulfide) groups is 2. The maximum absolute atomic E-state index is 9.87. The maximum atomic E-state index is 9.87. The number of hydrogen-bond acceptors (Lipinski definition) is 5. The predicted octanol–water partition coefficient (Wildman–Crippen LogP) is 6.14. The smallest absolute Gasteiger partial charge is 0.118 e. The van der Waals surface area contributed by atoms with Crippen LogP contribution < -0.4 is 4.74 Å². The van der Waals surface area contributed by atoms with Crippen LogP contribution in [0.2, 0.25) is 0 Å². The van der Waals surface area contributed by atoms with Gasteiger partial charge in [0.05, 0.1) is 18.4 Å². The molecular formula is C23H22N2OS2. The van der Waals surface area contributed by atoms with Crippen molar-refractivity contribution in [2.24, 2.45) is 0 Å². The minimum Gasteiger partial charge on any atom is -0.497 e. The first kappa shape index (κ1) is 20.3. The summed E-state index contributed by atoms with van der Waals surface area (Å²) in [5, 5.41) is 10.7. The Bertz CT molecular complexity index is 951. The molecule has 0 aliphatic carbocycles. The predicted molar refractivity (Wildman–Crippen MR) is 120 cm³/mol. The van der Waals surface area contributed by atoms with E-state index in [2.05, 4.69) is 13.0 Å². The Morgan fingerprint density at radius 3 is 2.39 bits per heavy atom. The third-order valence-corrected chi connectivity index (χ3v) is 6.38. The fraction of sp³-hybridized carbons (Fsp3) is 0.217. The van der Waals surface area contributed by atoms with Crippen LogP contribution in [-0.2, 0) is 0 Å². The van der Waals surface area contributed by atoms with E-state index < -0.39 is 0 Å². The summed E-state index contributed by atoms with van der Waals surface area (Å²) < 4.78 is 5.26. The van der Waals surface area contributed by atoms with Gasteiger partial charge in [-0.15, -0.1) is 11.8 Å². The second-order valence-electron chi connectivity index (χ2n) is 5.99. The van der Waals surface area contributed by atoms with Gasteiger partial charge in [-0.3, -0.25) is 0 Å². The minimum absolute atomic E-state index is 0.648. The van der Waals surface area contributed by atoms with Crippen LogP contribution in [0.1, 0.15) is 12.5 Å². The summed E-state index contributed by atoms with van der Waals surface area (Å²) in [6.07, 6.45) is 0. The molecule has 0 atom stereocenters. The van der Waals surface area contributed by atoms with Gasteiger partial charge in [-0.2, -0.15) is 17.0 Å². The third kappa shape index (κ3) is 4.89. The molecule has 0 N–H and O–H groups in total. The molecule has 3 rings (SSSR count). The largest absolute Gasteiger partial charge is 0.497 e. The number of nitriles is 1. The molecule has 3 nitrogen and oxygen atoms in total. The maximum Gasteiger partial charge on any atom is 0.118 e. The molecule has 142 valence electrons. The van der Waals surface area contributed by atoms with Crippen molar-refractivity contribution in [3.8, 4) is 34.2 Å². The number of pyridine rings is 1. The molecule has 3 aromatic rings. The fourth-order valence-corrected chi connectivity index (χ4v) is 4.58. The molecule has 0 spiro atoms. The average Bonchev–Trinajstić information content (AvgIpc) is 2.76. The van der Waals surface area contributed by atoms with Crippen molar-refractivity contribution in [1.82, 2.24) is 4.98 Å². The lowest BCUT2D eigenvalue weighted by molar-refractivity contribution is 0.415. The number of rotatable bonds is 8. The number of aromatic nitrogens is 1. The van der Waals surface area contributed by atoms with Gasteiger partial charge in [0.25, 0.3) is 0 Å². The van der Waals surface area contributed by atoms with Crippen molar-refractivity contribution in [1.29, 1.82) is 5.26 Å². The number of benzene rings is 2. The van der Waals surface area contributed by atoms with E-state index in [1.54, 1.807) is 18.9 Å². The SMILES string of the molecule is CCSCCSc1nc(-c2ccc(OC)cc2)cc(-c2ccccc2)c1C#N. The van der Waals surface area contributed by atoms with Gasteiger partial charge >= 0.3 is 0 Å². The zero-order valence-electron chi connectivity index (χ0n) is 16.0. The highest BCUT2D eigenvalue weighted by Gasteiger charge is 2.15. The third-order valence-electron chi connectivity index (χ3n) is 4.24. The number of methoxy groups -OCH3 is 1. The quantitative estimate of drug-likeness (QED) is 0.332.